The van der Waals surface area contributed by atoms with Crippen LogP contribution in [0.5, 0.6) is 0 Å². The van der Waals surface area contributed by atoms with E-state index in [2.05, 4.69) is 20.7 Å². The van der Waals surface area contributed by atoms with Gasteiger partial charge in [0, 0.05) is 30.8 Å². The van der Waals surface area contributed by atoms with E-state index in [1.54, 1.807) is 17.5 Å². The first kappa shape index (κ1) is 16.6. The molecule has 2 heterocycles. The van der Waals surface area contributed by atoms with E-state index in [0.29, 0.717) is 12.0 Å². The second-order valence-corrected chi connectivity index (χ2v) is 7.11. The van der Waals surface area contributed by atoms with Crippen LogP contribution in [0.1, 0.15) is 44.2 Å². The molecule has 0 spiro atoms. The summed E-state index contributed by atoms with van der Waals surface area (Å²) < 4.78 is 0. The van der Waals surface area contributed by atoms with Crippen LogP contribution in [0.2, 0.25) is 0 Å². The summed E-state index contributed by atoms with van der Waals surface area (Å²) in [5.74, 6) is 0.699. The molecule has 4 nitrogen and oxygen atoms in total. The fourth-order valence-electron chi connectivity index (χ4n) is 3.41. The summed E-state index contributed by atoms with van der Waals surface area (Å²) in [5.41, 5.74) is 2.00. The van der Waals surface area contributed by atoms with Crippen LogP contribution in [0.4, 0.5) is 0 Å². The van der Waals surface area contributed by atoms with Gasteiger partial charge in [-0.2, -0.15) is 0 Å². The lowest BCUT2D eigenvalue weighted by Crippen LogP contribution is -2.37. The van der Waals surface area contributed by atoms with E-state index in [-0.39, 0.29) is 6.61 Å². The Kier molecular flexibility index (Phi) is 6.13. The van der Waals surface area contributed by atoms with Gasteiger partial charge in [0.2, 0.25) is 0 Å². The highest BCUT2D eigenvalue weighted by atomic mass is 32.1. The van der Waals surface area contributed by atoms with Crippen LogP contribution in [-0.2, 0) is 6.54 Å². The van der Waals surface area contributed by atoms with Gasteiger partial charge >= 0.3 is 0 Å². The fourth-order valence-corrected chi connectivity index (χ4v) is 4.21. The van der Waals surface area contributed by atoms with Gasteiger partial charge in [-0.3, -0.25) is 4.98 Å². The molecule has 124 valence electrons. The number of hydrogen-bond donors (Lipinski definition) is 2. The maximum atomic E-state index is 9.36. The minimum Gasteiger partial charge on any atom is -0.396 e. The van der Waals surface area contributed by atoms with E-state index in [0.717, 1.165) is 29.4 Å². The number of aliphatic hydroxyl groups excluding tert-OH is 1. The standard InChI is InChI=1S/C18H25N3OS/c22-11-9-16(14-6-2-1-3-7-14)20-12-15-13-23-18(21-15)17-8-4-5-10-19-17/h4-5,8,10,13-14,16,20,22H,1-3,6-7,9,11-12H2. The maximum absolute atomic E-state index is 9.36. The first-order chi connectivity index (χ1) is 11.4. The predicted molar refractivity (Wildman–Crippen MR) is 94.3 cm³/mol. The molecule has 0 saturated heterocycles. The molecule has 1 saturated carbocycles. The molecule has 0 radical (unpaired) electrons. The first-order valence-electron chi connectivity index (χ1n) is 8.57. The molecule has 23 heavy (non-hydrogen) atoms. The lowest BCUT2D eigenvalue weighted by molar-refractivity contribution is 0.205. The SMILES string of the molecule is OCCC(NCc1csc(-c2ccccn2)n1)C1CCCCC1. The zero-order valence-electron chi connectivity index (χ0n) is 13.4. The molecular weight excluding hydrogens is 306 g/mol. The third-order valence-electron chi connectivity index (χ3n) is 4.64. The van der Waals surface area contributed by atoms with Crippen molar-refractivity contribution in [1.29, 1.82) is 0 Å². The minimum absolute atomic E-state index is 0.254. The van der Waals surface area contributed by atoms with E-state index in [9.17, 15) is 5.11 Å². The van der Waals surface area contributed by atoms with Gasteiger partial charge < -0.3 is 10.4 Å². The van der Waals surface area contributed by atoms with Crippen molar-refractivity contribution in [2.45, 2.75) is 51.1 Å². The Bertz CT molecular complexity index is 581. The van der Waals surface area contributed by atoms with Crippen molar-refractivity contribution < 1.29 is 5.11 Å². The summed E-state index contributed by atoms with van der Waals surface area (Å²) in [7, 11) is 0. The topological polar surface area (TPSA) is 58.0 Å². The molecular formula is C18H25N3OS. The molecule has 0 aromatic carbocycles. The Morgan fingerprint density at radius 1 is 1.26 bits per heavy atom. The molecule has 1 aliphatic rings. The third-order valence-corrected chi connectivity index (χ3v) is 5.55. The molecule has 2 aromatic heterocycles. The van der Waals surface area contributed by atoms with E-state index >= 15 is 0 Å². The van der Waals surface area contributed by atoms with Crippen LogP contribution in [0.3, 0.4) is 0 Å². The molecule has 1 aliphatic carbocycles. The minimum atomic E-state index is 0.254. The number of aliphatic hydroxyl groups is 1. The number of aromatic nitrogens is 2. The summed E-state index contributed by atoms with van der Waals surface area (Å²) >= 11 is 1.64. The fraction of sp³-hybridized carbons (Fsp3) is 0.556. The second-order valence-electron chi connectivity index (χ2n) is 6.26. The van der Waals surface area contributed by atoms with Gasteiger partial charge in [-0.25, -0.2) is 4.98 Å². The predicted octanol–water partition coefficient (Wildman–Crippen LogP) is 3.63. The highest BCUT2D eigenvalue weighted by Crippen LogP contribution is 2.28. The van der Waals surface area contributed by atoms with Gasteiger partial charge in [-0.15, -0.1) is 11.3 Å². The number of pyridine rings is 1. The number of hydrogen-bond acceptors (Lipinski definition) is 5. The van der Waals surface area contributed by atoms with Gasteiger partial charge in [-0.1, -0.05) is 25.3 Å². The van der Waals surface area contributed by atoms with Crippen LogP contribution < -0.4 is 5.32 Å². The van der Waals surface area contributed by atoms with E-state index in [1.807, 2.05) is 18.2 Å². The van der Waals surface area contributed by atoms with Crippen molar-refractivity contribution >= 4 is 11.3 Å². The van der Waals surface area contributed by atoms with Crippen molar-refractivity contribution in [2.24, 2.45) is 5.92 Å². The van der Waals surface area contributed by atoms with Crippen LogP contribution in [0.25, 0.3) is 10.7 Å². The normalized spacial score (nSPS) is 17.3. The van der Waals surface area contributed by atoms with E-state index in [1.165, 1.54) is 32.1 Å². The highest BCUT2D eigenvalue weighted by Gasteiger charge is 2.23. The first-order valence-corrected chi connectivity index (χ1v) is 9.45. The number of nitrogens with one attached hydrogen (secondary N) is 1. The smallest absolute Gasteiger partial charge is 0.142 e. The molecule has 0 amide bonds. The monoisotopic (exact) mass is 331 g/mol. The Morgan fingerprint density at radius 3 is 2.87 bits per heavy atom. The van der Waals surface area contributed by atoms with Gasteiger partial charge in [0.05, 0.1) is 11.4 Å². The van der Waals surface area contributed by atoms with Gasteiger partial charge in [0.25, 0.3) is 0 Å². The quantitative estimate of drug-likeness (QED) is 0.813. The largest absolute Gasteiger partial charge is 0.396 e. The van der Waals surface area contributed by atoms with Crippen molar-refractivity contribution in [3.8, 4) is 10.7 Å². The average molecular weight is 331 g/mol. The zero-order chi connectivity index (χ0) is 15.9. The molecule has 1 fully saturated rings. The second kappa shape index (κ2) is 8.52. The lowest BCUT2D eigenvalue weighted by atomic mass is 9.83. The molecule has 2 aromatic rings. The molecule has 0 bridgehead atoms. The molecule has 1 atom stereocenters. The summed E-state index contributed by atoms with van der Waals surface area (Å²) in [5, 5.41) is 16.1. The molecule has 3 rings (SSSR count). The zero-order valence-corrected chi connectivity index (χ0v) is 14.3. The van der Waals surface area contributed by atoms with Crippen molar-refractivity contribution in [1.82, 2.24) is 15.3 Å². The number of thiazole rings is 1. The van der Waals surface area contributed by atoms with Gasteiger partial charge in [-0.05, 0) is 37.3 Å². The molecule has 2 N–H and O–H groups in total. The highest BCUT2D eigenvalue weighted by molar-refractivity contribution is 7.13. The number of rotatable bonds is 7. The maximum Gasteiger partial charge on any atom is 0.142 e. The van der Waals surface area contributed by atoms with Crippen molar-refractivity contribution in [3.63, 3.8) is 0 Å². The van der Waals surface area contributed by atoms with Crippen LogP contribution >= 0.6 is 11.3 Å². The van der Waals surface area contributed by atoms with Crippen LogP contribution in [0.15, 0.2) is 29.8 Å². The summed E-state index contributed by atoms with van der Waals surface area (Å²) in [6.07, 6.45) is 9.23. The Labute approximate surface area is 142 Å². The third kappa shape index (κ3) is 4.59. The Morgan fingerprint density at radius 2 is 2.13 bits per heavy atom. The number of nitrogens with zero attached hydrogens (tertiary/aromatic N) is 2. The van der Waals surface area contributed by atoms with Crippen LogP contribution in [-0.4, -0.2) is 27.7 Å². The van der Waals surface area contributed by atoms with Crippen molar-refractivity contribution in [2.75, 3.05) is 6.61 Å². The van der Waals surface area contributed by atoms with Crippen molar-refractivity contribution in [3.05, 3.63) is 35.5 Å². The lowest BCUT2D eigenvalue weighted by Gasteiger charge is -2.30. The Balaban J connectivity index is 1.59. The summed E-state index contributed by atoms with van der Waals surface area (Å²) in [6.45, 7) is 1.02. The summed E-state index contributed by atoms with van der Waals surface area (Å²) in [6, 6.07) is 6.30. The van der Waals surface area contributed by atoms with E-state index in [4.69, 9.17) is 0 Å². The molecule has 0 aliphatic heterocycles. The Hall–Kier alpha value is -1.30. The van der Waals surface area contributed by atoms with E-state index < -0.39 is 0 Å². The summed E-state index contributed by atoms with van der Waals surface area (Å²) in [4.78, 5) is 9.04. The van der Waals surface area contributed by atoms with Gasteiger partial charge in [0.15, 0.2) is 0 Å². The van der Waals surface area contributed by atoms with Gasteiger partial charge in [0.1, 0.15) is 5.01 Å². The molecule has 1 unspecified atom stereocenters. The van der Waals surface area contributed by atoms with Crippen LogP contribution in [0, 0.1) is 5.92 Å². The molecule has 5 heteroatoms. The average Bonchev–Trinajstić information content (AvgIpc) is 3.09.